The van der Waals surface area contributed by atoms with E-state index < -0.39 is 10.1 Å². The van der Waals surface area contributed by atoms with Gasteiger partial charge in [0.25, 0.3) is 0 Å². The quantitative estimate of drug-likeness (QED) is 0.445. The molecule has 0 bridgehead atoms. The van der Waals surface area contributed by atoms with Gasteiger partial charge in [-0.15, -0.1) is 0 Å². The normalized spacial score (nSPS) is 11.0. The van der Waals surface area contributed by atoms with Gasteiger partial charge in [0.2, 0.25) is 0 Å². The molecule has 100 valence electrons. The first-order valence-electron chi connectivity index (χ1n) is 5.33. The zero-order valence-electron chi connectivity index (χ0n) is 9.78. The van der Waals surface area contributed by atoms with Gasteiger partial charge >= 0.3 is 10.1 Å². The summed E-state index contributed by atoms with van der Waals surface area (Å²) in [7, 11) is -4.12. The Kier molecular flexibility index (Phi) is 3.59. The van der Waals surface area contributed by atoms with Gasteiger partial charge in [-0.1, -0.05) is 24.3 Å². The second-order valence-corrected chi connectivity index (χ2v) is 5.16. The Bertz CT molecular complexity index is 686. The van der Waals surface area contributed by atoms with E-state index in [0.29, 0.717) is 5.69 Å². The smallest absolute Gasteiger partial charge is 0.343 e. The van der Waals surface area contributed by atoms with Gasteiger partial charge in [0.05, 0.1) is 5.69 Å². The molecule has 0 aliphatic carbocycles. The molecule has 0 fully saturated rings. The predicted molar refractivity (Wildman–Crippen MR) is 70.2 cm³/mol. The van der Waals surface area contributed by atoms with Crippen LogP contribution < -0.4 is 15.5 Å². The second-order valence-electron chi connectivity index (χ2n) is 3.65. The van der Waals surface area contributed by atoms with Gasteiger partial charge in [0, 0.05) is 0 Å². The molecule has 6 nitrogen and oxygen atoms in total. The van der Waals surface area contributed by atoms with Gasteiger partial charge in [-0.3, -0.25) is 5.84 Å². The van der Waals surface area contributed by atoms with Crippen molar-refractivity contribution in [3.8, 4) is 11.5 Å². The van der Waals surface area contributed by atoms with E-state index in [1.54, 1.807) is 18.2 Å². The fourth-order valence-electron chi connectivity index (χ4n) is 1.49. The first kappa shape index (κ1) is 13.2. The molecule has 4 N–H and O–H groups in total. The van der Waals surface area contributed by atoms with Crippen LogP contribution in [0.4, 0.5) is 5.69 Å². The topological polar surface area (TPSA) is 102 Å². The van der Waals surface area contributed by atoms with Crippen molar-refractivity contribution in [2.75, 3.05) is 5.43 Å². The van der Waals surface area contributed by atoms with Crippen LogP contribution in [0.1, 0.15) is 0 Å². The van der Waals surface area contributed by atoms with Crippen LogP contribution in [0.15, 0.2) is 53.4 Å². The lowest BCUT2D eigenvalue weighted by atomic mass is 10.3. The molecule has 0 spiro atoms. The molecule has 0 unspecified atom stereocenters. The lowest BCUT2D eigenvalue weighted by Gasteiger charge is -2.11. The van der Waals surface area contributed by atoms with Crippen molar-refractivity contribution in [2.45, 2.75) is 4.90 Å². The Morgan fingerprint density at radius 2 is 1.68 bits per heavy atom. The highest BCUT2D eigenvalue weighted by molar-refractivity contribution is 7.87. The summed E-state index contributed by atoms with van der Waals surface area (Å²) >= 11 is 0. The maximum atomic E-state index is 12.0. The molecule has 0 aliphatic heterocycles. The molecule has 7 heteroatoms. The molecule has 0 aliphatic rings. The Hall–Kier alpha value is -2.25. The summed E-state index contributed by atoms with van der Waals surface area (Å²) in [5, 5.41) is 9.55. The average Bonchev–Trinajstić information content (AvgIpc) is 2.39. The Morgan fingerprint density at radius 1 is 1.05 bits per heavy atom. The molecule has 0 radical (unpaired) electrons. The van der Waals surface area contributed by atoms with Gasteiger partial charge < -0.3 is 14.7 Å². The van der Waals surface area contributed by atoms with Crippen LogP contribution in [0, 0.1) is 0 Å². The third-order valence-corrected chi connectivity index (χ3v) is 3.66. The van der Waals surface area contributed by atoms with Crippen molar-refractivity contribution in [3.63, 3.8) is 0 Å². The number of nitrogens with one attached hydrogen (secondary N) is 1. The third kappa shape index (κ3) is 2.78. The molecule has 0 saturated carbocycles. The van der Waals surface area contributed by atoms with E-state index in [-0.39, 0.29) is 16.4 Å². The van der Waals surface area contributed by atoms with E-state index in [0.717, 1.165) is 0 Å². The molecule has 2 aromatic carbocycles. The number of phenols is 1. The summed E-state index contributed by atoms with van der Waals surface area (Å²) in [5.74, 6) is 4.94. The molecule has 0 saturated heterocycles. The number of anilines is 1. The maximum absolute atomic E-state index is 12.0. The van der Waals surface area contributed by atoms with Crippen molar-refractivity contribution in [1.82, 2.24) is 0 Å². The largest absolute Gasteiger partial charge is 0.506 e. The lowest BCUT2D eigenvalue weighted by molar-refractivity contribution is 0.445. The number of aromatic hydroxyl groups is 1. The van der Waals surface area contributed by atoms with Crippen LogP contribution in [0.25, 0.3) is 0 Å². The zero-order chi connectivity index (χ0) is 13.9. The fourth-order valence-corrected chi connectivity index (χ4v) is 2.53. The summed E-state index contributed by atoms with van der Waals surface area (Å²) in [5.41, 5.74) is 2.65. The summed E-state index contributed by atoms with van der Waals surface area (Å²) in [6, 6.07) is 11.8. The number of hydrazine groups is 1. The van der Waals surface area contributed by atoms with E-state index in [9.17, 15) is 13.5 Å². The van der Waals surface area contributed by atoms with Gasteiger partial charge in [-0.2, -0.15) is 8.42 Å². The van der Waals surface area contributed by atoms with Crippen LogP contribution >= 0.6 is 0 Å². The molecular formula is C12H12N2O4S. The highest BCUT2D eigenvalue weighted by Crippen LogP contribution is 2.29. The van der Waals surface area contributed by atoms with E-state index >= 15 is 0 Å². The number of para-hydroxylation sites is 3. The minimum Gasteiger partial charge on any atom is -0.506 e. The van der Waals surface area contributed by atoms with Gasteiger partial charge in [0.1, 0.15) is 10.6 Å². The van der Waals surface area contributed by atoms with Crippen molar-refractivity contribution in [3.05, 3.63) is 48.5 Å². The van der Waals surface area contributed by atoms with Crippen molar-refractivity contribution in [2.24, 2.45) is 5.84 Å². The predicted octanol–water partition coefficient (Wildman–Crippen LogP) is 1.45. The first-order chi connectivity index (χ1) is 9.04. The van der Waals surface area contributed by atoms with Crippen LogP contribution in [0.2, 0.25) is 0 Å². The van der Waals surface area contributed by atoms with Crippen LogP contribution in [0.3, 0.4) is 0 Å². The van der Waals surface area contributed by atoms with Crippen molar-refractivity contribution in [1.29, 1.82) is 0 Å². The third-order valence-electron chi connectivity index (χ3n) is 2.38. The number of phenolic OH excluding ortho intramolecular Hbond substituents is 1. The number of nitrogens with two attached hydrogens (primary N) is 1. The van der Waals surface area contributed by atoms with Crippen LogP contribution in [-0.4, -0.2) is 13.5 Å². The highest BCUT2D eigenvalue weighted by atomic mass is 32.2. The Balaban J connectivity index is 2.40. The molecule has 19 heavy (non-hydrogen) atoms. The van der Waals surface area contributed by atoms with Crippen molar-refractivity contribution >= 4 is 15.8 Å². The van der Waals surface area contributed by atoms with Crippen LogP contribution in [-0.2, 0) is 10.1 Å². The zero-order valence-corrected chi connectivity index (χ0v) is 10.6. The van der Waals surface area contributed by atoms with E-state index in [1.807, 2.05) is 0 Å². The maximum Gasteiger partial charge on any atom is 0.343 e. The lowest BCUT2D eigenvalue weighted by Crippen LogP contribution is -2.13. The minimum atomic E-state index is -4.12. The number of nitrogen functional groups attached to an aromatic ring is 1. The molecular weight excluding hydrogens is 268 g/mol. The molecule has 0 aromatic heterocycles. The number of benzene rings is 2. The minimum absolute atomic E-state index is 0.0493. The summed E-state index contributed by atoms with van der Waals surface area (Å²) in [4.78, 5) is -0.304. The summed E-state index contributed by atoms with van der Waals surface area (Å²) in [6.07, 6.45) is 0. The van der Waals surface area contributed by atoms with Gasteiger partial charge in [0.15, 0.2) is 5.75 Å². The Morgan fingerprint density at radius 3 is 2.37 bits per heavy atom. The van der Waals surface area contributed by atoms with E-state index in [1.165, 1.54) is 30.3 Å². The Labute approximate surface area is 110 Å². The number of hydrogen-bond acceptors (Lipinski definition) is 6. The molecule has 2 aromatic rings. The fraction of sp³-hybridized carbons (Fsp3) is 0. The SMILES string of the molecule is NNc1ccccc1OS(=O)(=O)c1ccccc1O. The number of hydrogen-bond donors (Lipinski definition) is 3. The van der Waals surface area contributed by atoms with Gasteiger partial charge in [-0.25, -0.2) is 0 Å². The van der Waals surface area contributed by atoms with Gasteiger partial charge in [-0.05, 0) is 24.3 Å². The first-order valence-corrected chi connectivity index (χ1v) is 6.73. The summed E-state index contributed by atoms with van der Waals surface area (Å²) < 4.78 is 29.0. The molecule has 2 rings (SSSR count). The average molecular weight is 280 g/mol. The second kappa shape index (κ2) is 5.17. The van der Waals surface area contributed by atoms with Crippen LogP contribution in [0.5, 0.6) is 11.5 Å². The summed E-state index contributed by atoms with van der Waals surface area (Å²) in [6.45, 7) is 0. The monoisotopic (exact) mass is 280 g/mol. The highest BCUT2D eigenvalue weighted by Gasteiger charge is 2.21. The molecule has 0 atom stereocenters. The van der Waals surface area contributed by atoms with Crippen molar-refractivity contribution < 1.29 is 17.7 Å². The van der Waals surface area contributed by atoms with E-state index in [2.05, 4.69) is 5.43 Å². The molecule has 0 amide bonds. The molecule has 0 heterocycles. The standard InChI is InChI=1S/C12H12N2O4S/c13-14-9-5-1-3-7-11(9)18-19(16,17)12-8-4-2-6-10(12)15/h1-8,14-15H,13H2. The van der Waals surface area contributed by atoms with E-state index in [4.69, 9.17) is 10.0 Å². The number of rotatable bonds is 4.